The maximum Gasteiger partial charge on any atom is 0.254 e. The summed E-state index contributed by atoms with van der Waals surface area (Å²) in [5.74, 6) is 0.0969. The van der Waals surface area contributed by atoms with E-state index < -0.39 is 0 Å². The van der Waals surface area contributed by atoms with Gasteiger partial charge in [0.25, 0.3) is 5.91 Å². The van der Waals surface area contributed by atoms with Crippen LogP contribution in [0.1, 0.15) is 29.8 Å². The summed E-state index contributed by atoms with van der Waals surface area (Å²) < 4.78 is 0. The molecule has 1 amide bonds. The van der Waals surface area contributed by atoms with E-state index in [-0.39, 0.29) is 5.91 Å². The van der Waals surface area contributed by atoms with Gasteiger partial charge in [0.1, 0.15) is 0 Å². The second kappa shape index (κ2) is 7.39. The molecule has 126 valence electrons. The first kappa shape index (κ1) is 16.4. The van der Waals surface area contributed by atoms with Crippen LogP contribution in [0, 0.1) is 0 Å². The third-order valence-electron chi connectivity index (χ3n) is 4.61. The SMILES string of the molecule is CCN(CC)c1ccc(C(=O)N2CCNc3ccccc3C2)cc1. The van der Waals surface area contributed by atoms with Crippen LogP contribution in [0.3, 0.4) is 0 Å². The average Bonchev–Trinajstić information content (AvgIpc) is 2.85. The summed E-state index contributed by atoms with van der Waals surface area (Å²) >= 11 is 0. The highest BCUT2D eigenvalue weighted by atomic mass is 16.2. The molecule has 0 fully saturated rings. The third-order valence-corrected chi connectivity index (χ3v) is 4.61. The largest absolute Gasteiger partial charge is 0.383 e. The van der Waals surface area contributed by atoms with Gasteiger partial charge in [0, 0.05) is 49.7 Å². The Hall–Kier alpha value is -2.49. The molecule has 0 saturated carbocycles. The number of fused-ring (bicyclic) bond motifs is 1. The number of carbonyl (C=O) groups is 1. The summed E-state index contributed by atoms with van der Waals surface area (Å²) in [5.41, 5.74) is 4.22. The van der Waals surface area contributed by atoms with Crippen molar-refractivity contribution in [3.05, 3.63) is 59.7 Å². The van der Waals surface area contributed by atoms with Crippen LogP contribution in [0.4, 0.5) is 11.4 Å². The fraction of sp³-hybridized carbons (Fsp3) is 0.350. The number of carbonyl (C=O) groups excluding carboxylic acids is 1. The van der Waals surface area contributed by atoms with E-state index >= 15 is 0 Å². The van der Waals surface area contributed by atoms with Crippen LogP contribution >= 0.6 is 0 Å². The van der Waals surface area contributed by atoms with Gasteiger partial charge in [-0.3, -0.25) is 4.79 Å². The van der Waals surface area contributed by atoms with Crippen LogP contribution in [-0.2, 0) is 6.54 Å². The van der Waals surface area contributed by atoms with E-state index in [1.54, 1.807) is 0 Å². The molecule has 4 nitrogen and oxygen atoms in total. The number of para-hydroxylation sites is 1. The zero-order valence-electron chi connectivity index (χ0n) is 14.5. The Bertz CT molecular complexity index is 692. The van der Waals surface area contributed by atoms with Gasteiger partial charge in [0.05, 0.1) is 0 Å². The van der Waals surface area contributed by atoms with Gasteiger partial charge in [-0.05, 0) is 49.7 Å². The Morgan fingerprint density at radius 2 is 1.79 bits per heavy atom. The number of hydrogen-bond acceptors (Lipinski definition) is 3. The Balaban J connectivity index is 1.76. The molecule has 0 spiro atoms. The van der Waals surface area contributed by atoms with Crippen LogP contribution in [0.25, 0.3) is 0 Å². The van der Waals surface area contributed by atoms with Crippen LogP contribution in [-0.4, -0.2) is 37.0 Å². The Morgan fingerprint density at radius 1 is 1.08 bits per heavy atom. The predicted octanol–water partition coefficient (Wildman–Crippen LogP) is 3.60. The van der Waals surface area contributed by atoms with Crippen LogP contribution in [0.5, 0.6) is 0 Å². The second-order valence-electron chi connectivity index (χ2n) is 6.03. The van der Waals surface area contributed by atoms with Crippen molar-refractivity contribution >= 4 is 17.3 Å². The molecule has 0 bridgehead atoms. The van der Waals surface area contributed by atoms with Crippen LogP contribution < -0.4 is 10.2 Å². The van der Waals surface area contributed by atoms with E-state index in [2.05, 4.69) is 36.2 Å². The Morgan fingerprint density at radius 3 is 2.50 bits per heavy atom. The minimum atomic E-state index is 0.0969. The molecular weight excluding hydrogens is 298 g/mol. The summed E-state index contributed by atoms with van der Waals surface area (Å²) in [5, 5.41) is 3.40. The molecule has 1 heterocycles. The molecule has 1 aliphatic rings. The van der Waals surface area contributed by atoms with Gasteiger partial charge < -0.3 is 15.1 Å². The van der Waals surface area contributed by atoms with Gasteiger partial charge in [0.15, 0.2) is 0 Å². The monoisotopic (exact) mass is 323 g/mol. The fourth-order valence-electron chi connectivity index (χ4n) is 3.20. The summed E-state index contributed by atoms with van der Waals surface area (Å²) in [6.45, 7) is 8.37. The van der Waals surface area contributed by atoms with Crippen molar-refractivity contribution in [2.45, 2.75) is 20.4 Å². The molecule has 4 heteroatoms. The molecule has 0 saturated heterocycles. The maximum atomic E-state index is 12.9. The molecular formula is C20H25N3O. The molecule has 0 unspecified atom stereocenters. The maximum absolute atomic E-state index is 12.9. The van der Waals surface area contributed by atoms with E-state index in [0.717, 1.165) is 30.9 Å². The van der Waals surface area contributed by atoms with Crippen LogP contribution in [0.2, 0.25) is 0 Å². The van der Waals surface area contributed by atoms with Crippen molar-refractivity contribution in [2.75, 3.05) is 36.4 Å². The fourth-order valence-corrected chi connectivity index (χ4v) is 3.20. The number of amides is 1. The van der Waals surface area contributed by atoms with E-state index in [9.17, 15) is 4.79 Å². The highest BCUT2D eigenvalue weighted by molar-refractivity contribution is 5.94. The van der Waals surface area contributed by atoms with E-state index in [1.165, 1.54) is 11.3 Å². The third kappa shape index (κ3) is 3.37. The first-order chi connectivity index (χ1) is 11.7. The first-order valence-corrected chi connectivity index (χ1v) is 8.69. The van der Waals surface area contributed by atoms with Crippen molar-refractivity contribution in [2.24, 2.45) is 0 Å². The number of anilines is 2. The summed E-state index contributed by atoms with van der Waals surface area (Å²) in [4.78, 5) is 17.1. The molecule has 0 aliphatic carbocycles. The lowest BCUT2D eigenvalue weighted by Gasteiger charge is -2.23. The van der Waals surface area contributed by atoms with Gasteiger partial charge in [-0.2, -0.15) is 0 Å². The lowest BCUT2D eigenvalue weighted by Crippen LogP contribution is -2.32. The zero-order valence-corrected chi connectivity index (χ0v) is 14.5. The molecule has 2 aromatic carbocycles. The number of nitrogens with one attached hydrogen (secondary N) is 1. The molecule has 2 aromatic rings. The lowest BCUT2D eigenvalue weighted by atomic mass is 10.1. The van der Waals surface area contributed by atoms with Gasteiger partial charge in [-0.25, -0.2) is 0 Å². The van der Waals surface area contributed by atoms with E-state index in [4.69, 9.17) is 0 Å². The van der Waals surface area contributed by atoms with Crippen LogP contribution in [0.15, 0.2) is 48.5 Å². The van der Waals surface area contributed by atoms with E-state index in [0.29, 0.717) is 13.1 Å². The smallest absolute Gasteiger partial charge is 0.254 e. The normalized spacial score (nSPS) is 13.7. The quantitative estimate of drug-likeness (QED) is 0.934. The molecule has 3 rings (SSSR count). The molecule has 1 N–H and O–H groups in total. The Labute approximate surface area is 144 Å². The summed E-state index contributed by atoms with van der Waals surface area (Å²) in [6.07, 6.45) is 0. The zero-order chi connectivity index (χ0) is 16.9. The van der Waals surface area contributed by atoms with Gasteiger partial charge in [0.2, 0.25) is 0 Å². The van der Waals surface area contributed by atoms with Crippen molar-refractivity contribution in [1.82, 2.24) is 4.90 Å². The lowest BCUT2D eigenvalue weighted by molar-refractivity contribution is 0.0753. The van der Waals surface area contributed by atoms with Gasteiger partial charge in [-0.15, -0.1) is 0 Å². The molecule has 1 aliphatic heterocycles. The molecule has 0 aromatic heterocycles. The number of benzene rings is 2. The van der Waals surface area contributed by atoms with Crippen molar-refractivity contribution in [1.29, 1.82) is 0 Å². The van der Waals surface area contributed by atoms with Gasteiger partial charge in [-0.1, -0.05) is 18.2 Å². The number of nitrogens with zero attached hydrogens (tertiary/aromatic N) is 2. The Kier molecular flexibility index (Phi) is 5.04. The highest BCUT2D eigenvalue weighted by Crippen LogP contribution is 2.22. The van der Waals surface area contributed by atoms with Crippen molar-refractivity contribution in [3.63, 3.8) is 0 Å². The van der Waals surface area contributed by atoms with E-state index in [1.807, 2.05) is 41.3 Å². The summed E-state index contributed by atoms with van der Waals surface area (Å²) in [7, 11) is 0. The molecule has 24 heavy (non-hydrogen) atoms. The number of rotatable bonds is 4. The molecule has 0 radical (unpaired) electrons. The average molecular weight is 323 g/mol. The highest BCUT2D eigenvalue weighted by Gasteiger charge is 2.20. The predicted molar refractivity (Wildman–Crippen MR) is 99.7 cm³/mol. The first-order valence-electron chi connectivity index (χ1n) is 8.69. The standard InChI is InChI=1S/C20H25N3O/c1-3-22(4-2)18-11-9-16(10-12-18)20(24)23-14-13-21-19-8-6-5-7-17(19)15-23/h5-12,21H,3-4,13-15H2,1-2H3. The minimum Gasteiger partial charge on any atom is -0.383 e. The van der Waals surface area contributed by atoms with Crippen molar-refractivity contribution in [3.8, 4) is 0 Å². The number of hydrogen-bond donors (Lipinski definition) is 1. The topological polar surface area (TPSA) is 35.6 Å². The molecule has 0 atom stereocenters. The van der Waals surface area contributed by atoms with Gasteiger partial charge >= 0.3 is 0 Å². The second-order valence-corrected chi connectivity index (χ2v) is 6.03. The van der Waals surface area contributed by atoms with Crippen molar-refractivity contribution < 1.29 is 4.79 Å². The summed E-state index contributed by atoms with van der Waals surface area (Å²) in [6, 6.07) is 16.2. The minimum absolute atomic E-state index is 0.0969.